The van der Waals surface area contributed by atoms with E-state index in [1.165, 1.54) is 6.07 Å². The Morgan fingerprint density at radius 2 is 2.10 bits per heavy atom. The average molecular weight is 413 g/mol. The lowest BCUT2D eigenvalue weighted by Gasteiger charge is -2.28. The molecule has 30 heavy (non-hydrogen) atoms. The van der Waals surface area contributed by atoms with Crippen LogP contribution >= 0.6 is 0 Å². The van der Waals surface area contributed by atoms with Crippen LogP contribution in [-0.4, -0.2) is 62.3 Å². The van der Waals surface area contributed by atoms with Crippen molar-refractivity contribution in [3.8, 4) is 5.75 Å². The molecule has 2 aromatic rings. The Hall–Kier alpha value is -2.79. The lowest BCUT2D eigenvalue weighted by Crippen LogP contribution is -2.36. The third-order valence-electron chi connectivity index (χ3n) is 5.79. The van der Waals surface area contributed by atoms with Crippen molar-refractivity contribution in [1.29, 1.82) is 0 Å². The van der Waals surface area contributed by atoms with Crippen molar-refractivity contribution < 1.29 is 24.4 Å². The fourth-order valence-corrected chi connectivity index (χ4v) is 4.17. The number of Topliss-reactive ketones (excluding diaryl/α,β-unsaturated/α-hetero) is 1. The van der Waals surface area contributed by atoms with Crippen molar-refractivity contribution in [3.05, 3.63) is 35.2 Å². The summed E-state index contributed by atoms with van der Waals surface area (Å²) in [6.07, 6.45) is 2.65. The molecule has 0 radical (unpaired) electrons. The fraction of sp³-hybridized carbons (Fsp3) is 0.526. The van der Waals surface area contributed by atoms with Gasteiger partial charge in [0.15, 0.2) is 5.82 Å². The summed E-state index contributed by atoms with van der Waals surface area (Å²) in [5.74, 6) is -0.485. The van der Waals surface area contributed by atoms with E-state index in [0.29, 0.717) is 30.3 Å². The van der Waals surface area contributed by atoms with E-state index in [1.54, 1.807) is 16.8 Å². The van der Waals surface area contributed by atoms with E-state index in [0.717, 1.165) is 25.9 Å². The van der Waals surface area contributed by atoms with Crippen LogP contribution in [0.5, 0.6) is 5.75 Å². The number of carboxylic acids is 1. The minimum absolute atomic E-state index is 0.00779. The maximum Gasteiger partial charge on any atom is 0.526 e. The Bertz CT molecular complexity index is 930. The molecule has 0 amide bonds. The molecule has 1 fully saturated rings. The lowest BCUT2D eigenvalue weighted by atomic mass is 9.64. The summed E-state index contributed by atoms with van der Waals surface area (Å²) in [6, 6.07) is 4.82. The van der Waals surface area contributed by atoms with Gasteiger partial charge in [-0.2, -0.15) is 0 Å². The average Bonchev–Trinajstić information content (AvgIpc) is 3.15. The molecule has 0 bridgehead atoms. The summed E-state index contributed by atoms with van der Waals surface area (Å²) in [5, 5.41) is 34.7. The predicted molar refractivity (Wildman–Crippen MR) is 106 cm³/mol. The number of tetrazole rings is 1. The highest BCUT2D eigenvalue weighted by atomic mass is 16.5. The van der Waals surface area contributed by atoms with Gasteiger partial charge < -0.3 is 20.1 Å². The van der Waals surface area contributed by atoms with Gasteiger partial charge in [0.25, 0.3) is 0 Å². The van der Waals surface area contributed by atoms with Crippen molar-refractivity contribution >= 4 is 18.9 Å². The van der Waals surface area contributed by atoms with Crippen LogP contribution in [0.25, 0.3) is 0 Å². The number of carbonyl (C=O) groups is 2. The minimum atomic E-state index is -1.24. The van der Waals surface area contributed by atoms with Gasteiger partial charge in [0.05, 0.1) is 12.0 Å². The number of piperidine rings is 1. The highest BCUT2D eigenvalue weighted by Gasteiger charge is 2.37. The summed E-state index contributed by atoms with van der Waals surface area (Å²) < 4.78 is 7.17. The standard InChI is InChI=1S/C19H24BN5O5/c26-15(10-17-22-23-24-25(17)11-12-4-6-21-7-5-12)9-14-8-13-2-1-3-16(19(27)28)18(13)30-20(14)29/h1-3,12,14,21,29H,4-11H2,(H,27,28)/t14-/m1/s1. The summed E-state index contributed by atoms with van der Waals surface area (Å²) >= 11 is 0. The summed E-state index contributed by atoms with van der Waals surface area (Å²) in [4.78, 5) is 24.0. The number of nitrogens with zero attached hydrogens (tertiary/aromatic N) is 4. The summed E-state index contributed by atoms with van der Waals surface area (Å²) in [5.41, 5.74) is 0.683. The second-order valence-corrected chi connectivity index (χ2v) is 7.96. The zero-order chi connectivity index (χ0) is 21.1. The topological polar surface area (TPSA) is 139 Å². The highest BCUT2D eigenvalue weighted by molar-refractivity contribution is 6.47. The van der Waals surface area contributed by atoms with Crippen LogP contribution < -0.4 is 9.97 Å². The van der Waals surface area contributed by atoms with Gasteiger partial charge >= 0.3 is 13.1 Å². The van der Waals surface area contributed by atoms with Gasteiger partial charge in [0.1, 0.15) is 11.5 Å². The van der Waals surface area contributed by atoms with Crippen LogP contribution in [0.3, 0.4) is 0 Å². The Morgan fingerprint density at radius 3 is 2.87 bits per heavy atom. The Balaban J connectivity index is 1.39. The van der Waals surface area contributed by atoms with E-state index in [4.69, 9.17) is 4.65 Å². The monoisotopic (exact) mass is 413 g/mol. The molecule has 10 nitrogen and oxygen atoms in total. The molecule has 1 aromatic carbocycles. The van der Waals surface area contributed by atoms with Gasteiger partial charge in [-0.25, -0.2) is 9.48 Å². The third-order valence-corrected chi connectivity index (χ3v) is 5.79. The number of hydrogen-bond donors (Lipinski definition) is 3. The van der Waals surface area contributed by atoms with Gasteiger partial charge in [0, 0.05) is 18.8 Å². The number of benzene rings is 1. The molecule has 1 atom stereocenters. The van der Waals surface area contributed by atoms with Crippen LogP contribution in [0.2, 0.25) is 5.82 Å². The predicted octanol–water partition coefficient (Wildman–Crippen LogP) is 0.358. The van der Waals surface area contributed by atoms with Crippen molar-refractivity contribution in [2.45, 2.75) is 44.5 Å². The SMILES string of the molecule is O=C(Cc1nnnn1CC1CCNCC1)C[C@H]1Cc2cccc(C(=O)O)c2OB1O. The van der Waals surface area contributed by atoms with Crippen LogP contribution in [-0.2, 0) is 24.2 Å². The summed E-state index contributed by atoms with van der Waals surface area (Å²) in [7, 11) is -1.24. The molecule has 2 aliphatic rings. The highest BCUT2D eigenvalue weighted by Crippen LogP contribution is 2.36. The molecule has 2 aliphatic heterocycles. The van der Waals surface area contributed by atoms with Crippen molar-refractivity contribution in [2.24, 2.45) is 5.92 Å². The van der Waals surface area contributed by atoms with E-state index in [9.17, 15) is 19.7 Å². The third kappa shape index (κ3) is 4.52. The van der Waals surface area contributed by atoms with Crippen molar-refractivity contribution in [3.63, 3.8) is 0 Å². The molecule has 1 aromatic heterocycles. The number of aromatic nitrogens is 4. The van der Waals surface area contributed by atoms with Gasteiger partial charge in [-0.05, 0) is 60.3 Å². The number of fused-ring (bicyclic) bond motifs is 1. The number of nitrogens with one attached hydrogen (secondary N) is 1. The second-order valence-electron chi connectivity index (χ2n) is 7.96. The molecule has 158 valence electrons. The molecule has 0 unspecified atom stereocenters. The largest absolute Gasteiger partial charge is 0.535 e. The number of para-hydroxylation sites is 1. The van der Waals surface area contributed by atoms with Crippen LogP contribution in [0.15, 0.2) is 18.2 Å². The maximum absolute atomic E-state index is 12.7. The number of hydrogen-bond acceptors (Lipinski definition) is 8. The number of carbonyl (C=O) groups excluding carboxylic acids is 1. The molecule has 0 saturated carbocycles. The normalized spacial score (nSPS) is 19.2. The molecule has 3 heterocycles. The van der Waals surface area contributed by atoms with Crippen LogP contribution in [0, 0.1) is 5.92 Å². The first kappa shape index (κ1) is 20.5. The maximum atomic E-state index is 12.7. The quantitative estimate of drug-likeness (QED) is 0.549. The van der Waals surface area contributed by atoms with Crippen molar-refractivity contribution in [1.82, 2.24) is 25.5 Å². The summed E-state index contributed by atoms with van der Waals surface area (Å²) in [6.45, 7) is 2.65. The second kappa shape index (κ2) is 8.92. The Kier molecular flexibility index (Phi) is 6.09. The first-order valence-electron chi connectivity index (χ1n) is 10.2. The molecule has 3 N–H and O–H groups in total. The molecule has 4 rings (SSSR count). The van der Waals surface area contributed by atoms with E-state index in [1.807, 2.05) is 0 Å². The van der Waals surface area contributed by atoms with E-state index in [-0.39, 0.29) is 29.9 Å². The van der Waals surface area contributed by atoms with Crippen molar-refractivity contribution in [2.75, 3.05) is 13.1 Å². The Morgan fingerprint density at radius 1 is 1.30 bits per heavy atom. The molecule has 0 aliphatic carbocycles. The van der Waals surface area contributed by atoms with Crippen LogP contribution in [0.4, 0.5) is 0 Å². The molecule has 1 saturated heterocycles. The number of aromatic carboxylic acids is 1. The number of carboxylic acid groups (broad SMARTS) is 1. The number of ketones is 1. The molecular weight excluding hydrogens is 389 g/mol. The van der Waals surface area contributed by atoms with E-state index < -0.39 is 18.9 Å². The Labute approximate surface area is 173 Å². The lowest BCUT2D eigenvalue weighted by molar-refractivity contribution is -0.118. The number of rotatable bonds is 7. The van der Waals surface area contributed by atoms with Gasteiger partial charge in [-0.1, -0.05) is 12.1 Å². The van der Waals surface area contributed by atoms with Gasteiger partial charge in [0.2, 0.25) is 0 Å². The zero-order valence-corrected chi connectivity index (χ0v) is 16.5. The smallest absolute Gasteiger partial charge is 0.526 e. The van der Waals surface area contributed by atoms with E-state index >= 15 is 0 Å². The van der Waals surface area contributed by atoms with E-state index in [2.05, 4.69) is 20.8 Å². The van der Waals surface area contributed by atoms with Gasteiger partial charge in [-0.15, -0.1) is 5.10 Å². The first-order chi connectivity index (χ1) is 14.5. The molecule has 0 spiro atoms. The van der Waals surface area contributed by atoms with Gasteiger partial charge in [-0.3, -0.25) is 4.79 Å². The van der Waals surface area contributed by atoms with Crippen LogP contribution in [0.1, 0.15) is 41.0 Å². The fourth-order valence-electron chi connectivity index (χ4n) is 4.17. The molecular formula is C19H24BN5O5. The first-order valence-corrected chi connectivity index (χ1v) is 10.2. The zero-order valence-electron chi connectivity index (χ0n) is 16.5. The molecule has 11 heteroatoms. The minimum Gasteiger partial charge on any atom is -0.535 e.